The molecular weight excluding hydrogens is 368 g/mol. The summed E-state index contributed by atoms with van der Waals surface area (Å²) in [6.45, 7) is 17.3. The van der Waals surface area contributed by atoms with Crippen LogP contribution in [0.15, 0.2) is 23.1 Å². The van der Waals surface area contributed by atoms with Gasteiger partial charge in [0, 0.05) is 4.90 Å². The molecule has 0 bridgehead atoms. The zero-order valence-corrected chi connectivity index (χ0v) is 18.1. The number of rotatable bonds is 7. The van der Waals surface area contributed by atoms with E-state index in [4.69, 9.17) is 0 Å². The second-order valence-corrected chi connectivity index (χ2v) is 10.9. The summed E-state index contributed by atoms with van der Waals surface area (Å²) in [5.74, 6) is -0.716. The van der Waals surface area contributed by atoms with Crippen LogP contribution in [0.1, 0.15) is 92.2 Å². The van der Waals surface area contributed by atoms with Gasteiger partial charge in [0.25, 0.3) is 0 Å². The van der Waals surface area contributed by atoms with E-state index in [0.717, 1.165) is 24.2 Å². The van der Waals surface area contributed by atoms with Gasteiger partial charge in [-0.2, -0.15) is 0 Å². The van der Waals surface area contributed by atoms with Crippen LogP contribution in [0.5, 0.6) is 0 Å². The van der Waals surface area contributed by atoms with Crippen molar-refractivity contribution in [3.8, 4) is 0 Å². The summed E-state index contributed by atoms with van der Waals surface area (Å²) in [7, 11) is 0. The Bertz CT molecular complexity index is 567. The number of carboxylic acid groups (broad SMARTS) is 1. The Hall–Kier alpha value is 0.300. The Labute approximate surface area is 194 Å². The molecule has 26 heavy (non-hydrogen) atoms. The number of unbranched alkanes of at least 4 members (excludes halogenated alkanes) is 2. The van der Waals surface area contributed by atoms with Gasteiger partial charge in [0.2, 0.25) is 0 Å². The van der Waals surface area contributed by atoms with Crippen molar-refractivity contribution in [2.24, 2.45) is 0 Å². The third kappa shape index (κ3) is 7.73. The second-order valence-electron chi connectivity index (χ2n) is 9.34. The summed E-state index contributed by atoms with van der Waals surface area (Å²) in [6.07, 6.45) is 3.84. The molecule has 1 aromatic rings. The molecule has 0 aliphatic heterocycles. The first-order chi connectivity index (χ1) is 11.3. The van der Waals surface area contributed by atoms with Crippen LogP contribution in [0.2, 0.25) is 0 Å². The maximum absolute atomic E-state index is 12.0. The summed E-state index contributed by atoms with van der Waals surface area (Å²) in [5, 5.41) is 9.83. The predicted octanol–water partition coefficient (Wildman–Crippen LogP) is 5.88. The Kier molecular flexibility index (Phi) is 10.3. The Morgan fingerprint density at radius 3 is 1.73 bits per heavy atom. The van der Waals surface area contributed by atoms with Crippen molar-refractivity contribution in [3.05, 3.63) is 29.3 Å². The van der Waals surface area contributed by atoms with Crippen LogP contribution < -0.4 is 0 Å². The van der Waals surface area contributed by atoms with E-state index in [0.29, 0.717) is 6.42 Å². The van der Waals surface area contributed by atoms with E-state index in [2.05, 4.69) is 66.7 Å². The maximum atomic E-state index is 12.0. The molecule has 0 aromatic heterocycles. The summed E-state index contributed by atoms with van der Waals surface area (Å²) in [5.41, 5.74) is 2.61. The molecular formula is C22H38CaO2S. The van der Waals surface area contributed by atoms with Crippen LogP contribution >= 0.6 is 11.8 Å². The summed E-state index contributed by atoms with van der Waals surface area (Å²) < 4.78 is -0.777. The third-order valence-electron chi connectivity index (χ3n) is 4.69. The number of carboxylic acids is 1. The van der Waals surface area contributed by atoms with Gasteiger partial charge in [-0.1, -0.05) is 73.8 Å². The second kappa shape index (κ2) is 10.2. The summed E-state index contributed by atoms with van der Waals surface area (Å²) >= 11 is 1.51. The standard InChI is InChI=1S/C22H36O2S.Ca.2H/c1-9-10-11-12-22(8,19(23)24)25-18-14-16(20(2,3)4)13-17(15-18)21(5,6)7;;;/h13-15H,9-12H2,1-8H3,(H,23,24);;;. The van der Waals surface area contributed by atoms with E-state index >= 15 is 0 Å². The van der Waals surface area contributed by atoms with Crippen molar-refractivity contribution in [3.63, 3.8) is 0 Å². The van der Waals surface area contributed by atoms with Crippen molar-refractivity contribution in [2.45, 2.75) is 102 Å². The molecule has 1 N–H and O–H groups in total. The van der Waals surface area contributed by atoms with Gasteiger partial charge in [-0.15, -0.1) is 11.8 Å². The quantitative estimate of drug-likeness (QED) is 0.349. The molecule has 4 heteroatoms. The van der Waals surface area contributed by atoms with Crippen molar-refractivity contribution in [2.75, 3.05) is 0 Å². The van der Waals surface area contributed by atoms with Gasteiger partial charge in [-0.3, -0.25) is 4.79 Å². The number of carbonyl (C=O) groups is 1. The van der Waals surface area contributed by atoms with Crippen LogP contribution in [-0.4, -0.2) is 53.6 Å². The van der Waals surface area contributed by atoms with Crippen molar-refractivity contribution >= 4 is 55.5 Å². The Morgan fingerprint density at radius 2 is 1.38 bits per heavy atom. The average Bonchev–Trinajstić information content (AvgIpc) is 2.45. The molecule has 0 heterocycles. The molecule has 146 valence electrons. The molecule has 1 aromatic carbocycles. The van der Waals surface area contributed by atoms with Crippen LogP contribution in [-0.2, 0) is 15.6 Å². The molecule has 0 aliphatic carbocycles. The fraction of sp³-hybridized carbons (Fsp3) is 0.682. The van der Waals surface area contributed by atoms with Crippen LogP contribution in [0.3, 0.4) is 0 Å². The first-order valence-corrected chi connectivity index (χ1v) is 10.2. The van der Waals surface area contributed by atoms with Gasteiger partial charge >= 0.3 is 43.7 Å². The molecule has 0 saturated carbocycles. The van der Waals surface area contributed by atoms with E-state index in [1.54, 1.807) is 0 Å². The fourth-order valence-corrected chi connectivity index (χ4v) is 3.92. The van der Waals surface area contributed by atoms with Gasteiger partial charge in [-0.05, 0) is 47.4 Å². The topological polar surface area (TPSA) is 37.3 Å². The first kappa shape index (κ1) is 26.3. The van der Waals surface area contributed by atoms with Crippen LogP contribution in [0.4, 0.5) is 0 Å². The normalized spacial score (nSPS) is 14.5. The van der Waals surface area contributed by atoms with E-state index in [1.165, 1.54) is 22.9 Å². The zero-order valence-electron chi connectivity index (χ0n) is 17.3. The van der Waals surface area contributed by atoms with E-state index in [9.17, 15) is 9.90 Å². The number of aliphatic carboxylic acids is 1. The van der Waals surface area contributed by atoms with Gasteiger partial charge in [-0.25, -0.2) is 0 Å². The number of thioether (sulfide) groups is 1. The molecule has 1 atom stereocenters. The Morgan fingerprint density at radius 1 is 0.923 bits per heavy atom. The molecule has 0 fully saturated rings. The van der Waals surface area contributed by atoms with Gasteiger partial charge in [0.05, 0.1) is 0 Å². The Balaban J connectivity index is 0.00000625. The van der Waals surface area contributed by atoms with Crippen LogP contribution in [0.25, 0.3) is 0 Å². The molecule has 1 rings (SSSR count). The fourth-order valence-electron chi connectivity index (χ4n) is 2.70. The summed E-state index contributed by atoms with van der Waals surface area (Å²) in [4.78, 5) is 13.0. The molecule has 0 saturated heterocycles. The van der Waals surface area contributed by atoms with Crippen molar-refractivity contribution < 1.29 is 9.90 Å². The predicted molar refractivity (Wildman–Crippen MR) is 118 cm³/mol. The van der Waals surface area contributed by atoms with Gasteiger partial charge in [0.15, 0.2) is 0 Å². The average molecular weight is 407 g/mol. The molecule has 0 spiro atoms. The molecule has 1 unspecified atom stereocenters. The molecule has 0 aliphatic rings. The van der Waals surface area contributed by atoms with Crippen molar-refractivity contribution in [1.29, 1.82) is 0 Å². The van der Waals surface area contributed by atoms with Crippen molar-refractivity contribution in [1.82, 2.24) is 0 Å². The van der Waals surface area contributed by atoms with E-state index in [-0.39, 0.29) is 48.6 Å². The minimum absolute atomic E-state index is 0. The SMILES string of the molecule is CCCCCC(C)(Sc1cc(C(C)(C)C)cc(C(C)(C)C)c1)C(=O)O.[CaH2]. The zero-order chi connectivity index (χ0) is 19.5. The number of hydrogen-bond donors (Lipinski definition) is 1. The van der Waals surface area contributed by atoms with Gasteiger partial charge < -0.3 is 5.11 Å². The van der Waals surface area contributed by atoms with Crippen LogP contribution in [0, 0.1) is 0 Å². The molecule has 0 radical (unpaired) electrons. The number of hydrogen-bond acceptors (Lipinski definition) is 2. The third-order valence-corrected chi connectivity index (χ3v) is 5.99. The monoisotopic (exact) mass is 406 g/mol. The minimum atomic E-state index is -0.777. The molecule has 2 nitrogen and oxygen atoms in total. The molecule has 0 amide bonds. The number of benzene rings is 1. The summed E-state index contributed by atoms with van der Waals surface area (Å²) in [6, 6.07) is 6.64. The van der Waals surface area contributed by atoms with E-state index in [1.807, 2.05) is 6.92 Å². The van der Waals surface area contributed by atoms with Gasteiger partial charge in [0.1, 0.15) is 4.75 Å². The first-order valence-electron chi connectivity index (χ1n) is 9.38. The van der Waals surface area contributed by atoms with E-state index < -0.39 is 10.7 Å².